The third-order valence-electron chi connectivity index (χ3n) is 11.9. The molecule has 0 aromatic heterocycles. The highest BCUT2D eigenvalue weighted by Gasteiger charge is 2.57. The molecule has 0 spiro atoms. The maximum atomic E-state index is 11.2. The van der Waals surface area contributed by atoms with Crippen LogP contribution in [0.5, 0.6) is 0 Å². The van der Waals surface area contributed by atoms with Crippen LogP contribution < -0.4 is 0 Å². The van der Waals surface area contributed by atoms with Crippen molar-refractivity contribution in [3.63, 3.8) is 0 Å². The van der Waals surface area contributed by atoms with E-state index in [2.05, 4.69) is 34.6 Å². The van der Waals surface area contributed by atoms with E-state index in [0.717, 1.165) is 49.4 Å². The molecular formula is C30H54O2. The highest BCUT2D eigenvalue weighted by Crippen LogP contribution is 2.65. The van der Waals surface area contributed by atoms with Gasteiger partial charge in [-0.1, -0.05) is 53.9 Å². The van der Waals surface area contributed by atoms with Crippen LogP contribution in [-0.4, -0.2) is 21.9 Å². The average molecular weight is 447 g/mol. The van der Waals surface area contributed by atoms with Crippen LogP contribution in [0.1, 0.15) is 125 Å². The number of rotatable bonds is 8. The van der Waals surface area contributed by atoms with Crippen molar-refractivity contribution < 1.29 is 10.2 Å². The Morgan fingerprint density at radius 2 is 1.69 bits per heavy atom. The summed E-state index contributed by atoms with van der Waals surface area (Å²) < 4.78 is 0. The summed E-state index contributed by atoms with van der Waals surface area (Å²) in [6, 6.07) is 0. The lowest BCUT2D eigenvalue weighted by Gasteiger charge is -2.55. The first-order valence-corrected chi connectivity index (χ1v) is 14.6. The number of hydrogen-bond acceptors (Lipinski definition) is 2. The third kappa shape index (κ3) is 4.46. The van der Waals surface area contributed by atoms with Crippen LogP contribution in [0.2, 0.25) is 0 Å². The standard InChI is InChI=1S/C30H54O2/c1-6-17-30(32,7-2)19-23-12-13-25-24(20(23)3)16-18-29(5)26(14-15-27(25)29)21(4)28(31)22-10-8-9-11-22/h20-28,31-32H,6-19H2,1-5H3/t20-,21+,23+,24-,25-,26-,27+,28+,29-,30+/m1/s1. The van der Waals surface area contributed by atoms with E-state index in [-0.39, 0.29) is 6.10 Å². The van der Waals surface area contributed by atoms with Gasteiger partial charge in [0, 0.05) is 0 Å². The fourth-order valence-corrected chi connectivity index (χ4v) is 9.94. The van der Waals surface area contributed by atoms with Gasteiger partial charge in [-0.2, -0.15) is 0 Å². The topological polar surface area (TPSA) is 40.5 Å². The lowest BCUT2D eigenvalue weighted by Crippen LogP contribution is -2.49. The fraction of sp³-hybridized carbons (Fsp3) is 1.00. The zero-order valence-electron chi connectivity index (χ0n) is 22.0. The maximum Gasteiger partial charge on any atom is 0.0647 e. The SMILES string of the molecule is CCC[C@@](O)(CC)C[C@@H]1CC[C@@H]2[C@H](CC[C@]3(C)[C@@H]([C@H](C)[C@H](O)C4CCCC4)CC[C@@H]23)[C@@H]1C. The van der Waals surface area contributed by atoms with E-state index < -0.39 is 5.60 Å². The second kappa shape index (κ2) is 9.88. The number of hydrogen-bond donors (Lipinski definition) is 2. The molecule has 4 rings (SSSR count). The molecular weight excluding hydrogens is 392 g/mol. The lowest BCUT2D eigenvalue weighted by atomic mass is 9.50. The minimum Gasteiger partial charge on any atom is -0.393 e. The van der Waals surface area contributed by atoms with Gasteiger partial charge in [-0.25, -0.2) is 0 Å². The predicted octanol–water partition coefficient (Wildman–Crippen LogP) is 7.61. The van der Waals surface area contributed by atoms with Crippen molar-refractivity contribution in [2.24, 2.45) is 52.8 Å². The monoisotopic (exact) mass is 446 g/mol. The van der Waals surface area contributed by atoms with Gasteiger partial charge in [0.2, 0.25) is 0 Å². The summed E-state index contributed by atoms with van der Waals surface area (Å²) in [6.45, 7) is 11.9. The molecule has 10 atom stereocenters. The molecule has 4 fully saturated rings. The van der Waals surface area contributed by atoms with Crippen molar-refractivity contribution in [1.29, 1.82) is 0 Å². The molecule has 2 heteroatoms. The average Bonchev–Trinajstić information content (AvgIpc) is 3.42. The van der Waals surface area contributed by atoms with Crippen LogP contribution in [0.25, 0.3) is 0 Å². The second-order valence-electron chi connectivity index (χ2n) is 13.3. The van der Waals surface area contributed by atoms with E-state index in [0.29, 0.717) is 29.1 Å². The van der Waals surface area contributed by atoms with Gasteiger partial charge in [0.25, 0.3) is 0 Å². The van der Waals surface area contributed by atoms with Gasteiger partial charge in [-0.15, -0.1) is 0 Å². The second-order valence-corrected chi connectivity index (χ2v) is 13.3. The molecule has 0 aromatic carbocycles. The summed E-state index contributed by atoms with van der Waals surface area (Å²) >= 11 is 0. The summed E-state index contributed by atoms with van der Waals surface area (Å²) in [5.74, 6) is 5.84. The van der Waals surface area contributed by atoms with E-state index in [1.165, 1.54) is 64.2 Å². The van der Waals surface area contributed by atoms with Crippen molar-refractivity contribution in [2.75, 3.05) is 0 Å². The molecule has 0 aromatic rings. The van der Waals surface area contributed by atoms with Gasteiger partial charge >= 0.3 is 0 Å². The zero-order chi connectivity index (χ0) is 23.1. The molecule has 4 saturated carbocycles. The van der Waals surface area contributed by atoms with Gasteiger partial charge < -0.3 is 10.2 Å². The van der Waals surface area contributed by atoms with Crippen LogP contribution in [0.4, 0.5) is 0 Å². The molecule has 0 amide bonds. The van der Waals surface area contributed by atoms with E-state index in [4.69, 9.17) is 0 Å². The summed E-state index contributed by atoms with van der Waals surface area (Å²) in [5, 5.41) is 22.4. The minimum atomic E-state index is -0.437. The molecule has 2 nitrogen and oxygen atoms in total. The molecule has 4 aliphatic rings. The van der Waals surface area contributed by atoms with Crippen molar-refractivity contribution in [3.8, 4) is 0 Å². The smallest absolute Gasteiger partial charge is 0.0647 e. The van der Waals surface area contributed by atoms with Crippen LogP contribution in [0.15, 0.2) is 0 Å². The highest BCUT2D eigenvalue weighted by atomic mass is 16.3. The van der Waals surface area contributed by atoms with Crippen molar-refractivity contribution in [2.45, 2.75) is 136 Å². The van der Waals surface area contributed by atoms with E-state index >= 15 is 0 Å². The summed E-state index contributed by atoms with van der Waals surface area (Å²) in [7, 11) is 0. The molecule has 2 N–H and O–H groups in total. The van der Waals surface area contributed by atoms with Gasteiger partial charge in [0.05, 0.1) is 11.7 Å². The van der Waals surface area contributed by atoms with Gasteiger partial charge in [-0.05, 0) is 123 Å². The Labute approximate surface area is 199 Å². The maximum absolute atomic E-state index is 11.2. The third-order valence-corrected chi connectivity index (χ3v) is 11.9. The molecule has 0 bridgehead atoms. The molecule has 32 heavy (non-hydrogen) atoms. The Balaban J connectivity index is 1.43. The predicted molar refractivity (Wildman–Crippen MR) is 134 cm³/mol. The molecule has 4 aliphatic carbocycles. The van der Waals surface area contributed by atoms with E-state index in [1.807, 2.05) is 0 Å². The van der Waals surface area contributed by atoms with E-state index in [1.54, 1.807) is 0 Å². The van der Waals surface area contributed by atoms with Gasteiger partial charge in [0.1, 0.15) is 0 Å². The van der Waals surface area contributed by atoms with E-state index in [9.17, 15) is 10.2 Å². The van der Waals surface area contributed by atoms with Gasteiger partial charge in [-0.3, -0.25) is 0 Å². The largest absolute Gasteiger partial charge is 0.393 e. The molecule has 0 radical (unpaired) electrons. The molecule has 0 unspecified atom stereocenters. The van der Waals surface area contributed by atoms with Crippen LogP contribution in [0.3, 0.4) is 0 Å². The molecule has 0 aliphatic heterocycles. The first-order valence-electron chi connectivity index (χ1n) is 14.6. The highest BCUT2D eigenvalue weighted by molar-refractivity contribution is 5.07. The van der Waals surface area contributed by atoms with Crippen molar-refractivity contribution in [3.05, 3.63) is 0 Å². The van der Waals surface area contributed by atoms with Crippen molar-refractivity contribution >= 4 is 0 Å². The lowest BCUT2D eigenvalue weighted by molar-refractivity contribution is -0.0852. The van der Waals surface area contributed by atoms with Crippen LogP contribution >= 0.6 is 0 Å². The van der Waals surface area contributed by atoms with Crippen LogP contribution in [-0.2, 0) is 0 Å². The number of fused-ring (bicyclic) bond motifs is 3. The molecule has 0 saturated heterocycles. The summed E-state index contributed by atoms with van der Waals surface area (Å²) in [5.41, 5.74) is 0.00699. The summed E-state index contributed by atoms with van der Waals surface area (Å²) in [6.07, 6.45) is 17.3. The van der Waals surface area contributed by atoms with Gasteiger partial charge in [0.15, 0.2) is 0 Å². The Bertz CT molecular complexity index is 612. The molecule has 186 valence electrons. The zero-order valence-corrected chi connectivity index (χ0v) is 22.0. The van der Waals surface area contributed by atoms with Crippen LogP contribution in [0, 0.1) is 52.8 Å². The Morgan fingerprint density at radius 3 is 2.34 bits per heavy atom. The minimum absolute atomic E-state index is 0.0734. The normalized spacial score (nSPS) is 44.0. The number of aliphatic hydroxyl groups excluding tert-OH is 1. The quantitative estimate of drug-likeness (QED) is 0.403. The Morgan fingerprint density at radius 1 is 0.969 bits per heavy atom. The Kier molecular flexibility index (Phi) is 7.73. The first kappa shape index (κ1) is 25.0. The molecule has 0 heterocycles. The Hall–Kier alpha value is -0.0800. The first-order chi connectivity index (χ1) is 15.2. The summed E-state index contributed by atoms with van der Waals surface area (Å²) in [4.78, 5) is 0. The fourth-order valence-electron chi connectivity index (χ4n) is 9.94. The number of aliphatic hydroxyl groups is 2. The van der Waals surface area contributed by atoms with Crippen molar-refractivity contribution in [1.82, 2.24) is 0 Å².